The Kier molecular flexibility index (Phi) is 3.24. The van der Waals surface area contributed by atoms with Crippen molar-refractivity contribution in [1.29, 1.82) is 0 Å². The van der Waals surface area contributed by atoms with Crippen LogP contribution in [0.25, 0.3) is 0 Å². The van der Waals surface area contributed by atoms with Gasteiger partial charge in [0, 0.05) is 6.92 Å². The minimum atomic E-state index is -0.561. The van der Waals surface area contributed by atoms with E-state index in [0.29, 0.717) is 0 Å². The number of ether oxygens (including phenoxy) is 1. The molecule has 0 saturated heterocycles. The van der Waals surface area contributed by atoms with Crippen LogP contribution < -0.4 is 0 Å². The Labute approximate surface area is 98.4 Å². The van der Waals surface area contributed by atoms with Gasteiger partial charge in [-0.3, -0.25) is 4.79 Å². The van der Waals surface area contributed by atoms with E-state index in [1.54, 1.807) is 5.01 Å². The quantitative estimate of drug-likeness (QED) is 0.558. The molecule has 0 aromatic rings. The van der Waals surface area contributed by atoms with Crippen LogP contribution in [0.2, 0.25) is 0 Å². The van der Waals surface area contributed by atoms with Crippen molar-refractivity contribution in [2.75, 3.05) is 5.88 Å². The van der Waals surface area contributed by atoms with Gasteiger partial charge in [0.05, 0.1) is 11.9 Å². The zero-order chi connectivity index (χ0) is 11.5. The molecular weight excluding hydrogens is 230 g/mol. The van der Waals surface area contributed by atoms with Gasteiger partial charge in [-0.1, -0.05) is 29.5 Å². The molecule has 6 heteroatoms. The SMILES string of the molecule is CC(=O)OC(CCl)N1N=NC2C=CC=CC21. The van der Waals surface area contributed by atoms with E-state index < -0.39 is 6.23 Å². The molecule has 0 radical (unpaired) electrons. The molecule has 86 valence electrons. The second-order valence-corrected chi connectivity index (χ2v) is 3.86. The van der Waals surface area contributed by atoms with Gasteiger partial charge in [-0.25, -0.2) is 5.01 Å². The van der Waals surface area contributed by atoms with E-state index in [1.807, 2.05) is 24.3 Å². The zero-order valence-electron chi connectivity index (χ0n) is 8.78. The lowest BCUT2D eigenvalue weighted by Crippen LogP contribution is -2.43. The molecule has 1 aliphatic heterocycles. The monoisotopic (exact) mass is 241 g/mol. The lowest BCUT2D eigenvalue weighted by atomic mass is 10.0. The third-order valence-corrected chi connectivity index (χ3v) is 2.66. The highest BCUT2D eigenvalue weighted by Crippen LogP contribution is 2.25. The number of nitrogens with zero attached hydrogens (tertiary/aromatic N) is 3. The Bertz CT molecular complexity index is 367. The molecule has 16 heavy (non-hydrogen) atoms. The lowest BCUT2D eigenvalue weighted by molar-refractivity contribution is -0.155. The molecule has 2 aliphatic rings. The van der Waals surface area contributed by atoms with Crippen LogP contribution in [0.1, 0.15) is 6.92 Å². The molecule has 3 atom stereocenters. The summed E-state index contributed by atoms with van der Waals surface area (Å²) in [6.07, 6.45) is 7.20. The number of fused-ring (bicyclic) bond motifs is 1. The first-order chi connectivity index (χ1) is 7.72. The highest BCUT2D eigenvalue weighted by Gasteiger charge is 2.35. The maximum absolute atomic E-state index is 10.9. The van der Waals surface area contributed by atoms with Crippen molar-refractivity contribution in [2.45, 2.75) is 25.2 Å². The fourth-order valence-electron chi connectivity index (χ4n) is 1.71. The van der Waals surface area contributed by atoms with Crippen molar-refractivity contribution >= 4 is 17.6 Å². The molecule has 2 rings (SSSR count). The fraction of sp³-hybridized carbons (Fsp3) is 0.500. The number of halogens is 1. The number of carbonyl (C=O) groups excluding carboxylic acids is 1. The molecule has 0 aromatic carbocycles. The van der Waals surface area contributed by atoms with Crippen molar-refractivity contribution < 1.29 is 9.53 Å². The molecule has 1 aliphatic carbocycles. The number of hydrogen-bond donors (Lipinski definition) is 0. The van der Waals surface area contributed by atoms with Gasteiger partial charge in [0.2, 0.25) is 6.23 Å². The normalized spacial score (nSPS) is 28.0. The van der Waals surface area contributed by atoms with Gasteiger partial charge >= 0.3 is 5.97 Å². The van der Waals surface area contributed by atoms with Gasteiger partial charge in [-0.15, -0.1) is 11.6 Å². The molecule has 0 fully saturated rings. The number of carbonyl (C=O) groups is 1. The molecule has 0 saturated carbocycles. The Morgan fingerprint density at radius 1 is 1.56 bits per heavy atom. The minimum Gasteiger partial charge on any atom is -0.439 e. The average molecular weight is 242 g/mol. The van der Waals surface area contributed by atoms with Crippen LogP contribution in [-0.2, 0) is 9.53 Å². The molecule has 3 unspecified atom stereocenters. The van der Waals surface area contributed by atoms with E-state index in [-0.39, 0.29) is 23.9 Å². The van der Waals surface area contributed by atoms with E-state index in [0.717, 1.165) is 0 Å². The minimum absolute atomic E-state index is 0.00639. The number of esters is 1. The van der Waals surface area contributed by atoms with Crippen LogP contribution in [-0.4, -0.2) is 35.2 Å². The summed E-state index contributed by atoms with van der Waals surface area (Å²) in [4.78, 5) is 10.9. The smallest absolute Gasteiger partial charge is 0.304 e. The van der Waals surface area contributed by atoms with Gasteiger partial charge in [0.1, 0.15) is 6.04 Å². The first kappa shape index (κ1) is 11.1. The van der Waals surface area contributed by atoms with Crippen molar-refractivity contribution in [1.82, 2.24) is 5.01 Å². The maximum atomic E-state index is 10.9. The highest BCUT2D eigenvalue weighted by atomic mass is 35.5. The summed E-state index contributed by atoms with van der Waals surface area (Å²) in [5.41, 5.74) is 0. The average Bonchev–Trinajstić information content (AvgIpc) is 2.69. The first-order valence-electron chi connectivity index (χ1n) is 4.99. The zero-order valence-corrected chi connectivity index (χ0v) is 9.54. The summed E-state index contributed by atoms with van der Waals surface area (Å²) in [6.45, 7) is 1.35. The molecule has 5 nitrogen and oxygen atoms in total. The topological polar surface area (TPSA) is 54.3 Å². The van der Waals surface area contributed by atoms with Gasteiger partial charge in [0.25, 0.3) is 0 Å². The summed E-state index contributed by atoms with van der Waals surface area (Å²) < 4.78 is 5.08. The molecule has 0 N–H and O–H groups in total. The standard InChI is InChI=1S/C10H12ClN3O2/c1-7(15)16-10(6-11)14-9-5-3-2-4-8(9)12-13-14/h2-5,8-10H,6H2,1H3. The number of rotatable bonds is 3. The van der Waals surface area contributed by atoms with E-state index in [9.17, 15) is 4.79 Å². The summed E-state index contributed by atoms with van der Waals surface area (Å²) in [5.74, 6) is -0.209. The van der Waals surface area contributed by atoms with Crippen molar-refractivity contribution in [2.24, 2.45) is 10.3 Å². The van der Waals surface area contributed by atoms with E-state index in [1.165, 1.54) is 6.92 Å². The molecule has 0 spiro atoms. The second-order valence-electron chi connectivity index (χ2n) is 3.55. The van der Waals surface area contributed by atoms with Gasteiger partial charge in [-0.2, -0.15) is 5.11 Å². The third kappa shape index (κ3) is 2.09. The van der Waals surface area contributed by atoms with Crippen LogP contribution in [0.4, 0.5) is 0 Å². The van der Waals surface area contributed by atoms with Gasteiger partial charge in [-0.05, 0) is 0 Å². The largest absolute Gasteiger partial charge is 0.439 e. The molecular formula is C10H12ClN3O2. The predicted octanol–water partition coefficient (Wildman–Crippen LogP) is 1.66. The maximum Gasteiger partial charge on any atom is 0.304 e. The Hall–Kier alpha value is -1.36. The van der Waals surface area contributed by atoms with E-state index >= 15 is 0 Å². The van der Waals surface area contributed by atoms with Gasteiger partial charge < -0.3 is 4.74 Å². The summed E-state index contributed by atoms with van der Waals surface area (Å²) in [7, 11) is 0. The first-order valence-corrected chi connectivity index (χ1v) is 5.53. The summed E-state index contributed by atoms with van der Waals surface area (Å²) in [5, 5.41) is 9.70. The van der Waals surface area contributed by atoms with E-state index in [4.69, 9.17) is 16.3 Å². The number of hydrogen-bond acceptors (Lipinski definition) is 5. The Balaban J connectivity index is 2.09. The van der Waals surface area contributed by atoms with Crippen LogP contribution in [0.5, 0.6) is 0 Å². The van der Waals surface area contributed by atoms with Crippen LogP contribution in [0, 0.1) is 0 Å². The summed E-state index contributed by atoms with van der Waals surface area (Å²) >= 11 is 5.76. The second kappa shape index (κ2) is 4.65. The molecule has 0 amide bonds. The highest BCUT2D eigenvalue weighted by molar-refractivity contribution is 6.18. The Morgan fingerprint density at radius 3 is 3.00 bits per heavy atom. The molecule has 1 heterocycles. The third-order valence-electron chi connectivity index (χ3n) is 2.40. The predicted molar refractivity (Wildman–Crippen MR) is 58.8 cm³/mol. The fourth-order valence-corrected chi connectivity index (χ4v) is 1.92. The van der Waals surface area contributed by atoms with Crippen molar-refractivity contribution in [3.8, 4) is 0 Å². The Morgan fingerprint density at radius 2 is 2.31 bits per heavy atom. The van der Waals surface area contributed by atoms with Crippen LogP contribution in [0.15, 0.2) is 34.6 Å². The number of alkyl halides is 1. The van der Waals surface area contributed by atoms with Crippen molar-refractivity contribution in [3.05, 3.63) is 24.3 Å². The molecule has 0 aromatic heterocycles. The van der Waals surface area contributed by atoms with Crippen LogP contribution >= 0.6 is 11.6 Å². The van der Waals surface area contributed by atoms with Gasteiger partial charge in [0.15, 0.2) is 0 Å². The van der Waals surface area contributed by atoms with Crippen molar-refractivity contribution in [3.63, 3.8) is 0 Å². The lowest BCUT2D eigenvalue weighted by Gasteiger charge is -2.28. The number of allylic oxidation sites excluding steroid dienone is 2. The van der Waals surface area contributed by atoms with E-state index in [2.05, 4.69) is 10.3 Å². The molecule has 0 bridgehead atoms. The van der Waals surface area contributed by atoms with Crippen LogP contribution in [0.3, 0.4) is 0 Å². The summed E-state index contributed by atoms with van der Waals surface area (Å²) in [6, 6.07) is -0.0145.